The highest BCUT2D eigenvalue weighted by Gasteiger charge is 2.31. The van der Waals surface area contributed by atoms with Crippen LogP contribution in [0.4, 0.5) is 0 Å². The molecule has 2 N–H and O–H groups in total. The Labute approximate surface area is 125 Å². The lowest BCUT2D eigenvalue weighted by Crippen LogP contribution is -2.48. The van der Waals surface area contributed by atoms with Gasteiger partial charge in [0.2, 0.25) is 5.91 Å². The molecule has 4 atom stereocenters. The van der Waals surface area contributed by atoms with E-state index in [2.05, 4.69) is 39.5 Å². The monoisotopic (exact) mass is 282 g/mol. The molecule has 0 spiro atoms. The van der Waals surface area contributed by atoms with Crippen molar-refractivity contribution in [3.63, 3.8) is 0 Å². The van der Waals surface area contributed by atoms with Gasteiger partial charge in [0.15, 0.2) is 0 Å². The lowest BCUT2D eigenvalue weighted by atomic mass is 9.85. The van der Waals surface area contributed by atoms with Crippen molar-refractivity contribution in [1.29, 1.82) is 0 Å². The van der Waals surface area contributed by atoms with Crippen LogP contribution in [0.15, 0.2) is 0 Å². The fourth-order valence-corrected chi connectivity index (χ4v) is 3.52. The minimum atomic E-state index is 0.346. The molecule has 1 rings (SSSR count). The van der Waals surface area contributed by atoms with E-state index in [1.807, 2.05) is 0 Å². The summed E-state index contributed by atoms with van der Waals surface area (Å²) in [5.74, 6) is 2.79. The summed E-state index contributed by atoms with van der Waals surface area (Å²) in [5, 5.41) is 0. The predicted molar refractivity (Wildman–Crippen MR) is 85.4 cm³/mol. The van der Waals surface area contributed by atoms with E-state index in [9.17, 15) is 4.79 Å². The summed E-state index contributed by atoms with van der Waals surface area (Å²) < 4.78 is 0. The lowest BCUT2D eigenvalue weighted by molar-refractivity contribution is -0.137. The number of carbonyl (C=O) groups excluding carboxylic acids is 1. The van der Waals surface area contributed by atoms with Crippen LogP contribution in [-0.4, -0.2) is 29.9 Å². The second kappa shape index (κ2) is 8.02. The van der Waals surface area contributed by atoms with Gasteiger partial charge in [-0.1, -0.05) is 27.7 Å². The van der Waals surface area contributed by atoms with Crippen LogP contribution in [-0.2, 0) is 4.79 Å². The van der Waals surface area contributed by atoms with Crippen molar-refractivity contribution in [3.05, 3.63) is 0 Å². The molecule has 1 fully saturated rings. The van der Waals surface area contributed by atoms with E-state index in [4.69, 9.17) is 5.73 Å². The van der Waals surface area contributed by atoms with Crippen molar-refractivity contribution in [2.45, 2.75) is 66.3 Å². The summed E-state index contributed by atoms with van der Waals surface area (Å²) in [6.45, 7) is 12.9. The largest absolute Gasteiger partial charge is 0.339 e. The van der Waals surface area contributed by atoms with Gasteiger partial charge in [-0.15, -0.1) is 0 Å². The molecule has 0 radical (unpaired) electrons. The van der Waals surface area contributed by atoms with Gasteiger partial charge in [-0.05, 0) is 56.4 Å². The zero-order valence-electron chi connectivity index (χ0n) is 14.1. The van der Waals surface area contributed by atoms with Crippen LogP contribution in [0.5, 0.6) is 0 Å². The molecular weight excluding hydrogens is 248 g/mol. The molecule has 118 valence electrons. The Morgan fingerprint density at radius 2 is 1.90 bits per heavy atom. The first-order chi connectivity index (χ1) is 9.36. The van der Waals surface area contributed by atoms with Gasteiger partial charge < -0.3 is 10.6 Å². The van der Waals surface area contributed by atoms with Gasteiger partial charge in [-0.2, -0.15) is 0 Å². The van der Waals surface area contributed by atoms with Crippen molar-refractivity contribution in [1.82, 2.24) is 4.90 Å². The van der Waals surface area contributed by atoms with Gasteiger partial charge in [0.05, 0.1) is 0 Å². The average molecular weight is 282 g/mol. The highest BCUT2D eigenvalue weighted by atomic mass is 16.2. The van der Waals surface area contributed by atoms with Crippen LogP contribution >= 0.6 is 0 Å². The van der Waals surface area contributed by atoms with Crippen molar-refractivity contribution < 1.29 is 4.79 Å². The van der Waals surface area contributed by atoms with Gasteiger partial charge in [0.1, 0.15) is 0 Å². The number of piperidine rings is 1. The number of rotatable bonds is 6. The Morgan fingerprint density at radius 1 is 1.25 bits per heavy atom. The SMILES string of the molecule is CC1CC(C)C(C)N(C(=O)CCC(CCN)C(C)C)C1. The molecule has 0 aromatic heterocycles. The number of hydrogen-bond acceptors (Lipinski definition) is 2. The zero-order valence-corrected chi connectivity index (χ0v) is 14.1. The smallest absolute Gasteiger partial charge is 0.222 e. The Kier molecular flexibility index (Phi) is 7.01. The Morgan fingerprint density at radius 3 is 2.45 bits per heavy atom. The van der Waals surface area contributed by atoms with E-state index < -0.39 is 0 Å². The molecule has 0 aromatic carbocycles. The normalized spacial score (nSPS) is 28.8. The molecule has 1 aliphatic rings. The van der Waals surface area contributed by atoms with Crippen molar-refractivity contribution in [2.24, 2.45) is 29.4 Å². The van der Waals surface area contributed by atoms with Gasteiger partial charge in [-0.3, -0.25) is 4.79 Å². The number of likely N-dealkylation sites (tertiary alicyclic amines) is 1. The second-order valence-corrected chi connectivity index (χ2v) is 7.22. The quantitative estimate of drug-likeness (QED) is 0.812. The van der Waals surface area contributed by atoms with E-state index in [0.717, 1.165) is 25.9 Å². The number of carbonyl (C=O) groups is 1. The fraction of sp³-hybridized carbons (Fsp3) is 0.941. The first-order valence-corrected chi connectivity index (χ1v) is 8.36. The Balaban J connectivity index is 2.52. The van der Waals surface area contributed by atoms with Crippen LogP contribution in [0.25, 0.3) is 0 Å². The van der Waals surface area contributed by atoms with E-state index >= 15 is 0 Å². The molecule has 0 aromatic rings. The van der Waals surface area contributed by atoms with Gasteiger partial charge in [0, 0.05) is 19.0 Å². The lowest BCUT2D eigenvalue weighted by Gasteiger charge is -2.41. The molecule has 20 heavy (non-hydrogen) atoms. The summed E-state index contributed by atoms with van der Waals surface area (Å²) in [6, 6.07) is 0.394. The first-order valence-electron chi connectivity index (χ1n) is 8.36. The van der Waals surface area contributed by atoms with E-state index in [0.29, 0.717) is 42.0 Å². The molecule has 1 amide bonds. The maximum Gasteiger partial charge on any atom is 0.222 e. The third-order valence-corrected chi connectivity index (χ3v) is 5.13. The van der Waals surface area contributed by atoms with Crippen LogP contribution < -0.4 is 5.73 Å². The molecule has 0 bridgehead atoms. The Bertz CT molecular complexity index is 303. The standard InChI is InChI=1S/C17H34N2O/c1-12(2)16(8-9-18)6-7-17(20)19-11-13(3)10-14(4)15(19)5/h12-16H,6-11,18H2,1-5H3. The van der Waals surface area contributed by atoms with Crippen molar-refractivity contribution in [3.8, 4) is 0 Å². The molecule has 1 heterocycles. The zero-order chi connectivity index (χ0) is 15.3. The maximum atomic E-state index is 12.5. The molecule has 3 heteroatoms. The molecule has 0 aliphatic carbocycles. The number of amides is 1. The van der Waals surface area contributed by atoms with Gasteiger partial charge in [0.25, 0.3) is 0 Å². The summed E-state index contributed by atoms with van der Waals surface area (Å²) in [4.78, 5) is 14.6. The highest BCUT2D eigenvalue weighted by molar-refractivity contribution is 5.76. The number of hydrogen-bond donors (Lipinski definition) is 1. The molecular formula is C17H34N2O. The van der Waals surface area contributed by atoms with Crippen LogP contribution in [0.2, 0.25) is 0 Å². The first kappa shape index (κ1) is 17.5. The third-order valence-electron chi connectivity index (χ3n) is 5.13. The number of nitrogens with two attached hydrogens (primary N) is 1. The topological polar surface area (TPSA) is 46.3 Å². The maximum absolute atomic E-state index is 12.5. The van der Waals surface area contributed by atoms with Crippen LogP contribution in [0.1, 0.15) is 60.3 Å². The molecule has 0 saturated carbocycles. The van der Waals surface area contributed by atoms with E-state index in [1.54, 1.807) is 0 Å². The summed E-state index contributed by atoms with van der Waals surface area (Å²) in [5.41, 5.74) is 5.68. The molecule has 4 unspecified atom stereocenters. The second-order valence-electron chi connectivity index (χ2n) is 7.22. The predicted octanol–water partition coefficient (Wildman–Crippen LogP) is 3.28. The van der Waals surface area contributed by atoms with E-state index in [-0.39, 0.29) is 0 Å². The molecule has 1 aliphatic heterocycles. The van der Waals surface area contributed by atoms with Crippen LogP contribution in [0, 0.1) is 23.7 Å². The molecule has 1 saturated heterocycles. The summed E-state index contributed by atoms with van der Waals surface area (Å²) in [6.07, 6.45) is 3.95. The fourth-order valence-electron chi connectivity index (χ4n) is 3.52. The number of nitrogens with zero attached hydrogens (tertiary/aromatic N) is 1. The van der Waals surface area contributed by atoms with Gasteiger partial charge in [-0.25, -0.2) is 0 Å². The summed E-state index contributed by atoms with van der Waals surface area (Å²) in [7, 11) is 0. The van der Waals surface area contributed by atoms with Crippen LogP contribution in [0.3, 0.4) is 0 Å². The Hall–Kier alpha value is -0.570. The summed E-state index contributed by atoms with van der Waals surface area (Å²) >= 11 is 0. The van der Waals surface area contributed by atoms with E-state index in [1.165, 1.54) is 6.42 Å². The van der Waals surface area contributed by atoms with Gasteiger partial charge >= 0.3 is 0 Å². The average Bonchev–Trinajstić information content (AvgIpc) is 2.37. The minimum Gasteiger partial charge on any atom is -0.339 e. The molecule has 3 nitrogen and oxygen atoms in total. The van der Waals surface area contributed by atoms with Crippen molar-refractivity contribution >= 4 is 5.91 Å². The minimum absolute atomic E-state index is 0.346. The van der Waals surface area contributed by atoms with Crippen molar-refractivity contribution in [2.75, 3.05) is 13.1 Å². The highest BCUT2D eigenvalue weighted by Crippen LogP contribution is 2.28. The third kappa shape index (κ3) is 4.76.